The Kier molecular flexibility index (Phi) is 4.20. The van der Waals surface area contributed by atoms with Crippen LogP contribution in [0.5, 0.6) is 0 Å². The minimum atomic E-state index is -0.461. The number of nitrogens with zero attached hydrogens (tertiary/aromatic N) is 2. The molecule has 2 heterocycles. The smallest absolute Gasteiger partial charge is 0.0762 e. The maximum Gasteiger partial charge on any atom is 0.0762 e. The highest BCUT2D eigenvalue weighted by molar-refractivity contribution is 6.33. The molecule has 0 spiro atoms. The molecule has 2 atom stereocenters. The maximum atomic E-state index is 9.62. The van der Waals surface area contributed by atoms with Crippen LogP contribution in [-0.2, 0) is 0 Å². The van der Waals surface area contributed by atoms with E-state index >= 15 is 0 Å². The van der Waals surface area contributed by atoms with E-state index in [0.29, 0.717) is 6.04 Å². The number of anilines is 1. The molecule has 4 heteroatoms. The Balaban J connectivity index is 1.76. The van der Waals surface area contributed by atoms with Crippen LogP contribution in [0.1, 0.15) is 37.9 Å². The Morgan fingerprint density at radius 3 is 2.85 bits per heavy atom. The van der Waals surface area contributed by atoms with Gasteiger partial charge >= 0.3 is 0 Å². The van der Waals surface area contributed by atoms with Gasteiger partial charge in [-0.2, -0.15) is 0 Å². The van der Waals surface area contributed by atoms with Crippen LogP contribution in [0.3, 0.4) is 0 Å². The van der Waals surface area contributed by atoms with Crippen molar-refractivity contribution < 1.29 is 5.11 Å². The van der Waals surface area contributed by atoms with Gasteiger partial charge in [0.2, 0.25) is 0 Å². The molecule has 0 saturated carbocycles. The summed E-state index contributed by atoms with van der Waals surface area (Å²) in [5.74, 6) is 0. The number of aliphatic hydroxyl groups excluding tert-OH is 1. The lowest BCUT2D eigenvalue weighted by Crippen LogP contribution is -2.55. The topological polar surface area (TPSA) is 26.7 Å². The van der Waals surface area contributed by atoms with E-state index < -0.39 is 6.10 Å². The molecular weight excluding hydrogens is 272 g/mol. The van der Waals surface area contributed by atoms with E-state index in [1.165, 1.54) is 25.8 Å². The first-order valence-electron chi connectivity index (χ1n) is 7.61. The first-order chi connectivity index (χ1) is 9.65. The zero-order valence-electron chi connectivity index (χ0n) is 12.1. The van der Waals surface area contributed by atoms with Gasteiger partial charge in [-0.1, -0.05) is 24.1 Å². The Labute approximate surface area is 126 Å². The maximum absolute atomic E-state index is 9.62. The monoisotopic (exact) mass is 294 g/mol. The molecule has 2 saturated heterocycles. The summed E-state index contributed by atoms with van der Waals surface area (Å²) in [4.78, 5) is 5.03. The number of hydrogen-bond acceptors (Lipinski definition) is 3. The van der Waals surface area contributed by atoms with Crippen LogP contribution in [0.2, 0.25) is 5.02 Å². The first-order valence-corrected chi connectivity index (χ1v) is 7.99. The molecular formula is C16H23ClN2O. The second kappa shape index (κ2) is 5.92. The minimum absolute atomic E-state index is 0.461. The van der Waals surface area contributed by atoms with E-state index in [4.69, 9.17) is 11.6 Å². The summed E-state index contributed by atoms with van der Waals surface area (Å²) in [7, 11) is 0. The molecule has 0 bridgehead atoms. The molecule has 2 fully saturated rings. The van der Waals surface area contributed by atoms with Gasteiger partial charge in [-0.3, -0.25) is 4.90 Å². The predicted molar refractivity (Wildman–Crippen MR) is 83.5 cm³/mol. The molecule has 2 unspecified atom stereocenters. The van der Waals surface area contributed by atoms with Crippen molar-refractivity contribution in [2.45, 2.75) is 38.3 Å². The standard InChI is InChI=1S/C16H23ClN2O/c1-12(20)13-5-6-16(15(17)10-13)19-9-8-18-7-3-2-4-14(18)11-19/h5-6,10,12,14,20H,2-4,7-9,11H2,1H3. The van der Waals surface area contributed by atoms with Gasteiger partial charge in [0, 0.05) is 25.7 Å². The molecule has 0 radical (unpaired) electrons. The first kappa shape index (κ1) is 14.2. The molecule has 0 aromatic heterocycles. The Hall–Kier alpha value is -0.770. The van der Waals surface area contributed by atoms with Crippen molar-refractivity contribution in [3.63, 3.8) is 0 Å². The lowest BCUT2D eigenvalue weighted by atomic mass is 9.99. The third kappa shape index (κ3) is 2.80. The highest BCUT2D eigenvalue weighted by atomic mass is 35.5. The van der Waals surface area contributed by atoms with Gasteiger partial charge in [0.15, 0.2) is 0 Å². The quantitative estimate of drug-likeness (QED) is 0.908. The van der Waals surface area contributed by atoms with Crippen molar-refractivity contribution in [3.8, 4) is 0 Å². The average molecular weight is 295 g/mol. The number of benzene rings is 1. The molecule has 20 heavy (non-hydrogen) atoms. The fourth-order valence-corrected chi connectivity index (χ4v) is 3.72. The van der Waals surface area contributed by atoms with Crippen LogP contribution in [0.25, 0.3) is 0 Å². The molecule has 1 aromatic carbocycles. The summed E-state index contributed by atoms with van der Waals surface area (Å²) in [6, 6.07) is 6.63. The molecule has 110 valence electrons. The summed E-state index contributed by atoms with van der Waals surface area (Å²) in [6.07, 6.45) is 3.54. The van der Waals surface area contributed by atoms with Crippen molar-refractivity contribution in [1.29, 1.82) is 0 Å². The van der Waals surface area contributed by atoms with Crippen LogP contribution in [0, 0.1) is 0 Å². The second-order valence-electron chi connectivity index (χ2n) is 6.02. The zero-order chi connectivity index (χ0) is 14.1. The number of piperidine rings is 1. The number of aliphatic hydroxyl groups is 1. The highest BCUT2D eigenvalue weighted by Gasteiger charge is 2.29. The van der Waals surface area contributed by atoms with Gasteiger partial charge in [0.1, 0.15) is 0 Å². The highest BCUT2D eigenvalue weighted by Crippen LogP contribution is 2.32. The average Bonchev–Trinajstić information content (AvgIpc) is 2.46. The molecule has 3 nitrogen and oxygen atoms in total. The molecule has 0 amide bonds. The van der Waals surface area contributed by atoms with Gasteiger partial charge in [0.25, 0.3) is 0 Å². The SMILES string of the molecule is CC(O)c1ccc(N2CCN3CCCCC3C2)c(Cl)c1. The zero-order valence-corrected chi connectivity index (χ0v) is 12.8. The Bertz CT molecular complexity index is 478. The van der Waals surface area contributed by atoms with Crippen LogP contribution >= 0.6 is 11.6 Å². The van der Waals surface area contributed by atoms with Crippen LogP contribution in [0.15, 0.2) is 18.2 Å². The predicted octanol–water partition coefficient (Wildman–Crippen LogP) is 3.07. The number of rotatable bonds is 2. The van der Waals surface area contributed by atoms with E-state index in [1.54, 1.807) is 6.92 Å². The fourth-order valence-electron chi connectivity index (χ4n) is 3.41. The lowest BCUT2D eigenvalue weighted by molar-refractivity contribution is 0.133. The summed E-state index contributed by atoms with van der Waals surface area (Å²) in [6.45, 7) is 6.29. The van der Waals surface area contributed by atoms with Gasteiger partial charge in [-0.05, 0) is 44.0 Å². The van der Waals surface area contributed by atoms with Crippen molar-refractivity contribution in [3.05, 3.63) is 28.8 Å². The number of hydrogen-bond donors (Lipinski definition) is 1. The Morgan fingerprint density at radius 2 is 2.10 bits per heavy atom. The Morgan fingerprint density at radius 1 is 1.25 bits per heavy atom. The summed E-state index contributed by atoms with van der Waals surface area (Å²) in [5.41, 5.74) is 2.00. The number of halogens is 1. The normalized spacial score (nSPS) is 25.4. The van der Waals surface area contributed by atoms with E-state index in [1.807, 2.05) is 12.1 Å². The summed E-state index contributed by atoms with van der Waals surface area (Å²) in [5, 5.41) is 10.4. The second-order valence-corrected chi connectivity index (χ2v) is 6.43. The minimum Gasteiger partial charge on any atom is -0.389 e. The van der Waals surface area contributed by atoms with E-state index in [0.717, 1.165) is 35.9 Å². The number of fused-ring (bicyclic) bond motifs is 1. The van der Waals surface area contributed by atoms with E-state index in [-0.39, 0.29) is 0 Å². The lowest BCUT2D eigenvalue weighted by Gasteiger charge is -2.45. The number of piperazine rings is 1. The summed E-state index contributed by atoms with van der Waals surface area (Å²) >= 11 is 6.42. The summed E-state index contributed by atoms with van der Waals surface area (Å²) < 4.78 is 0. The third-order valence-electron chi connectivity index (χ3n) is 4.63. The van der Waals surface area contributed by atoms with Gasteiger partial charge < -0.3 is 10.0 Å². The van der Waals surface area contributed by atoms with Gasteiger partial charge in [-0.15, -0.1) is 0 Å². The van der Waals surface area contributed by atoms with Gasteiger partial charge in [0.05, 0.1) is 16.8 Å². The molecule has 1 N–H and O–H groups in total. The molecule has 2 aliphatic rings. The molecule has 2 aliphatic heterocycles. The van der Waals surface area contributed by atoms with Crippen LogP contribution in [-0.4, -0.2) is 42.2 Å². The molecule has 0 aliphatic carbocycles. The third-order valence-corrected chi connectivity index (χ3v) is 4.93. The van der Waals surface area contributed by atoms with Crippen LogP contribution in [0.4, 0.5) is 5.69 Å². The van der Waals surface area contributed by atoms with E-state index in [9.17, 15) is 5.11 Å². The molecule has 3 rings (SSSR count). The van der Waals surface area contributed by atoms with Crippen molar-refractivity contribution in [1.82, 2.24) is 4.90 Å². The fraction of sp³-hybridized carbons (Fsp3) is 0.625. The van der Waals surface area contributed by atoms with Crippen molar-refractivity contribution >= 4 is 17.3 Å². The molecule has 1 aromatic rings. The largest absolute Gasteiger partial charge is 0.389 e. The van der Waals surface area contributed by atoms with Gasteiger partial charge in [-0.25, -0.2) is 0 Å². The van der Waals surface area contributed by atoms with E-state index in [2.05, 4.69) is 15.9 Å². The van der Waals surface area contributed by atoms with Crippen LogP contribution < -0.4 is 4.90 Å². The van der Waals surface area contributed by atoms with Crippen molar-refractivity contribution in [2.24, 2.45) is 0 Å². The van der Waals surface area contributed by atoms with Crippen molar-refractivity contribution in [2.75, 3.05) is 31.1 Å².